The molecule has 1 saturated carbocycles. The molecular formula is C14H20BrClN2. The van der Waals surface area contributed by atoms with Crippen LogP contribution in [-0.2, 0) is 0 Å². The number of hydrogen-bond donors (Lipinski definition) is 2. The van der Waals surface area contributed by atoms with E-state index in [2.05, 4.69) is 34.3 Å². The molecular weight excluding hydrogens is 312 g/mol. The summed E-state index contributed by atoms with van der Waals surface area (Å²) in [5.41, 5.74) is 4.08. The van der Waals surface area contributed by atoms with E-state index < -0.39 is 0 Å². The summed E-state index contributed by atoms with van der Waals surface area (Å²) in [6.45, 7) is 2.33. The average molecular weight is 332 g/mol. The SMILES string of the molecule is CC1CCC(C(NN)c2ccc(Br)cc2Cl)CC1. The van der Waals surface area contributed by atoms with Crippen LogP contribution in [0.1, 0.15) is 44.2 Å². The Morgan fingerprint density at radius 2 is 2.00 bits per heavy atom. The van der Waals surface area contributed by atoms with E-state index in [1.54, 1.807) is 0 Å². The van der Waals surface area contributed by atoms with Crippen molar-refractivity contribution in [3.63, 3.8) is 0 Å². The number of halogens is 2. The van der Waals surface area contributed by atoms with Crippen LogP contribution in [0.5, 0.6) is 0 Å². The molecule has 0 spiro atoms. The van der Waals surface area contributed by atoms with E-state index >= 15 is 0 Å². The standard InChI is InChI=1S/C14H20BrClN2/c1-9-2-4-10(5-3-9)14(18-17)12-7-6-11(15)8-13(12)16/h6-10,14,18H,2-5,17H2,1H3. The van der Waals surface area contributed by atoms with Gasteiger partial charge in [-0.3, -0.25) is 11.3 Å². The lowest BCUT2D eigenvalue weighted by Crippen LogP contribution is -2.35. The number of nitrogens with two attached hydrogens (primary N) is 1. The Kier molecular flexibility index (Phi) is 5.07. The fraction of sp³-hybridized carbons (Fsp3) is 0.571. The summed E-state index contributed by atoms with van der Waals surface area (Å²) < 4.78 is 1.00. The van der Waals surface area contributed by atoms with E-state index in [1.807, 2.05) is 12.1 Å². The number of nitrogens with one attached hydrogen (secondary N) is 1. The minimum absolute atomic E-state index is 0.165. The van der Waals surface area contributed by atoms with E-state index in [9.17, 15) is 0 Å². The van der Waals surface area contributed by atoms with E-state index in [-0.39, 0.29) is 6.04 Å². The van der Waals surface area contributed by atoms with Crippen molar-refractivity contribution in [2.24, 2.45) is 17.7 Å². The van der Waals surface area contributed by atoms with Crippen molar-refractivity contribution < 1.29 is 0 Å². The van der Waals surface area contributed by atoms with E-state index in [4.69, 9.17) is 17.4 Å². The highest BCUT2D eigenvalue weighted by Gasteiger charge is 2.27. The Hall–Kier alpha value is -0.0900. The molecule has 4 heteroatoms. The van der Waals surface area contributed by atoms with E-state index in [1.165, 1.54) is 25.7 Å². The minimum atomic E-state index is 0.165. The molecule has 1 atom stereocenters. The second-order valence-corrected chi connectivity index (χ2v) is 6.65. The molecule has 0 heterocycles. The lowest BCUT2D eigenvalue weighted by atomic mass is 9.77. The van der Waals surface area contributed by atoms with Gasteiger partial charge in [0.2, 0.25) is 0 Å². The molecule has 1 aliphatic rings. The molecule has 0 saturated heterocycles. The molecule has 100 valence electrons. The smallest absolute Gasteiger partial charge is 0.0502 e. The molecule has 3 N–H and O–H groups in total. The number of hydrogen-bond acceptors (Lipinski definition) is 2. The van der Waals surface area contributed by atoms with Crippen LogP contribution in [0.2, 0.25) is 5.02 Å². The first-order valence-corrected chi connectivity index (χ1v) is 7.70. The first-order valence-electron chi connectivity index (χ1n) is 6.53. The third-order valence-electron chi connectivity index (χ3n) is 4.01. The lowest BCUT2D eigenvalue weighted by molar-refractivity contribution is 0.232. The summed E-state index contributed by atoms with van der Waals surface area (Å²) in [4.78, 5) is 0. The Morgan fingerprint density at radius 1 is 1.33 bits per heavy atom. The summed E-state index contributed by atoms with van der Waals surface area (Å²) in [6, 6.07) is 6.19. The largest absolute Gasteiger partial charge is 0.271 e. The maximum atomic E-state index is 6.33. The van der Waals surface area contributed by atoms with Gasteiger partial charge in [0.1, 0.15) is 0 Å². The third-order valence-corrected chi connectivity index (χ3v) is 4.83. The Morgan fingerprint density at radius 3 is 2.56 bits per heavy atom. The van der Waals surface area contributed by atoms with Crippen molar-refractivity contribution in [2.45, 2.75) is 38.6 Å². The van der Waals surface area contributed by atoms with Crippen molar-refractivity contribution >= 4 is 27.5 Å². The van der Waals surface area contributed by atoms with Gasteiger partial charge in [0, 0.05) is 9.50 Å². The zero-order valence-corrected chi connectivity index (χ0v) is 13.0. The van der Waals surface area contributed by atoms with Gasteiger partial charge in [-0.25, -0.2) is 0 Å². The molecule has 2 nitrogen and oxygen atoms in total. The first-order chi connectivity index (χ1) is 8.61. The molecule has 0 radical (unpaired) electrons. The molecule has 0 bridgehead atoms. The van der Waals surface area contributed by atoms with Gasteiger partial charge in [-0.1, -0.05) is 53.4 Å². The van der Waals surface area contributed by atoms with Gasteiger partial charge in [-0.2, -0.15) is 0 Å². The van der Waals surface area contributed by atoms with Crippen LogP contribution in [0.15, 0.2) is 22.7 Å². The van der Waals surface area contributed by atoms with Crippen LogP contribution in [0, 0.1) is 11.8 Å². The van der Waals surface area contributed by atoms with Gasteiger partial charge < -0.3 is 0 Å². The van der Waals surface area contributed by atoms with Gasteiger partial charge in [0.25, 0.3) is 0 Å². The highest BCUT2D eigenvalue weighted by molar-refractivity contribution is 9.10. The second-order valence-electron chi connectivity index (χ2n) is 5.33. The van der Waals surface area contributed by atoms with Crippen molar-refractivity contribution in [1.82, 2.24) is 5.43 Å². The van der Waals surface area contributed by atoms with Crippen LogP contribution in [-0.4, -0.2) is 0 Å². The Balaban J connectivity index is 2.17. The van der Waals surface area contributed by atoms with Crippen LogP contribution >= 0.6 is 27.5 Å². The van der Waals surface area contributed by atoms with Gasteiger partial charge >= 0.3 is 0 Å². The van der Waals surface area contributed by atoms with E-state index in [0.717, 1.165) is 21.0 Å². The van der Waals surface area contributed by atoms with Crippen molar-refractivity contribution in [1.29, 1.82) is 0 Å². The molecule has 1 unspecified atom stereocenters. The van der Waals surface area contributed by atoms with Gasteiger partial charge in [-0.15, -0.1) is 0 Å². The molecule has 1 aliphatic carbocycles. The van der Waals surface area contributed by atoms with Crippen LogP contribution in [0.3, 0.4) is 0 Å². The Labute approximate surface area is 122 Å². The molecule has 0 amide bonds. The maximum Gasteiger partial charge on any atom is 0.0502 e. The quantitative estimate of drug-likeness (QED) is 0.635. The summed E-state index contributed by atoms with van der Waals surface area (Å²) in [5.74, 6) is 7.19. The highest BCUT2D eigenvalue weighted by Crippen LogP contribution is 2.38. The molecule has 18 heavy (non-hydrogen) atoms. The fourth-order valence-corrected chi connectivity index (χ4v) is 3.64. The first kappa shape index (κ1) is 14.3. The fourth-order valence-electron chi connectivity index (χ4n) is 2.85. The predicted molar refractivity (Wildman–Crippen MR) is 80.3 cm³/mol. The van der Waals surface area contributed by atoms with Gasteiger partial charge in [0.15, 0.2) is 0 Å². The van der Waals surface area contributed by atoms with Crippen molar-refractivity contribution in [3.8, 4) is 0 Å². The Bertz CT molecular complexity index is 403. The van der Waals surface area contributed by atoms with Crippen molar-refractivity contribution in [3.05, 3.63) is 33.3 Å². The van der Waals surface area contributed by atoms with Crippen LogP contribution < -0.4 is 11.3 Å². The van der Waals surface area contributed by atoms with E-state index in [0.29, 0.717) is 5.92 Å². The second kappa shape index (κ2) is 6.38. The number of hydrazine groups is 1. The zero-order chi connectivity index (χ0) is 13.1. The molecule has 1 fully saturated rings. The van der Waals surface area contributed by atoms with Gasteiger partial charge in [0.05, 0.1) is 6.04 Å². The average Bonchev–Trinajstić information content (AvgIpc) is 2.35. The summed E-state index contributed by atoms with van der Waals surface area (Å²) in [7, 11) is 0. The van der Waals surface area contributed by atoms with Crippen LogP contribution in [0.4, 0.5) is 0 Å². The number of rotatable bonds is 3. The summed E-state index contributed by atoms with van der Waals surface area (Å²) in [5, 5.41) is 0.783. The predicted octanol–water partition coefficient (Wildman–Crippen LogP) is 4.43. The summed E-state index contributed by atoms with van der Waals surface area (Å²) in [6.07, 6.45) is 5.03. The normalized spacial score (nSPS) is 26.0. The van der Waals surface area contributed by atoms with Crippen LogP contribution in [0.25, 0.3) is 0 Å². The molecule has 0 aliphatic heterocycles. The molecule has 1 aromatic carbocycles. The van der Waals surface area contributed by atoms with Gasteiger partial charge in [-0.05, 0) is 42.4 Å². The number of benzene rings is 1. The maximum absolute atomic E-state index is 6.33. The third kappa shape index (κ3) is 3.27. The topological polar surface area (TPSA) is 38.0 Å². The van der Waals surface area contributed by atoms with Crippen molar-refractivity contribution in [2.75, 3.05) is 0 Å². The summed E-state index contributed by atoms with van der Waals surface area (Å²) >= 11 is 9.76. The minimum Gasteiger partial charge on any atom is -0.271 e. The zero-order valence-electron chi connectivity index (χ0n) is 10.6. The molecule has 1 aromatic rings. The monoisotopic (exact) mass is 330 g/mol. The lowest BCUT2D eigenvalue weighted by Gasteiger charge is -2.33. The molecule has 0 aromatic heterocycles. The molecule has 2 rings (SSSR count). The highest BCUT2D eigenvalue weighted by atomic mass is 79.9.